The van der Waals surface area contributed by atoms with E-state index in [4.69, 9.17) is 10.8 Å². The molecule has 22 heavy (non-hydrogen) atoms. The first kappa shape index (κ1) is 16.1. The second-order valence-corrected chi connectivity index (χ2v) is 6.05. The van der Waals surface area contributed by atoms with Gasteiger partial charge in [0, 0.05) is 11.7 Å². The van der Waals surface area contributed by atoms with Crippen LogP contribution in [0.3, 0.4) is 0 Å². The third-order valence-corrected chi connectivity index (χ3v) is 4.29. The van der Waals surface area contributed by atoms with Crippen molar-refractivity contribution in [3.05, 3.63) is 60.2 Å². The van der Waals surface area contributed by atoms with Gasteiger partial charge in [-0.15, -0.1) is 0 Å². The molecule has 0 aliphatic carbocycles. The number of carbonyl (C=O) groups excluding carboxylic acids is 1. The minimum atomic E-state index is -0.879. The Kier molecular flexibility index (Phi) is 5.61. The first-order chi connectivity index (χ1) is 10.6. The van der Waals surface area contributed by atoms with Crippen LogP contribution >= 0.6 is 11.8 Å². The molecule has 2 aromatic carbocycles. The molecule has 2 rings (SSSR count). The van der Waals surface area contributed by atoms with Crippen LogP contribution in [0, 0.1) is 0 Å². The number of primary amides is 1. The second-order valence-electron chi connectivity index (χ2n) is 4.85. The number of hydrogen-bond donors (Lipinski definition) is 2. The lowest BCUT2D eigenvalue weighted by atomic mass is 10.0. The van der Waals surface area contributed by atoms with E-state index in [9.17, 15) is 9.59 Å². The van der Waals surface area contributed by atoms with Crippen molar-refractivity contribution in [3.63, 3.8) is 0 Å². The molecule has 0 heterocycles. The number of hydrogen-bond acceptors (Lipinski definition) is 3. The van der Waals surface area contributed by atoms with Gasteiger partial charge in [-0.25, -0.2) is 0 Å². The van der Waals surface area contributed by atoms with Gasteiger partial charge in [-0.1, -0.05) is 66.4 Å². The molecule has 1 unspecified atom stereocenters. The van der Waals surface area contributed by atoms with Gasteiger partial charge in [0.25, 0.3) is 5.24 Å². The van der Waals surface area contributed by atoms with Crippen molar-refractivity contribution in [2.45, 2.75) is 18.1 Å². The van der Waals surface area contributed by atoms with E-state index in [0.717, 1.165) is 28.5 Å². The van der Waals surface area contributed by atoms with Gasteiger partial charge < -0.3 is 10.8 Å². The number of rotatable bonds is 6. The van der Waals surface area contributed by atoms with Crippen molar-refractivity contribution in [2.75, 3.05) is 0 Å². The van der Waals surface area contributed by atoms with Crippen molar-refractivity contribution in [3.8, 4) is 11.1 Å². The van der Waals surface area contributed by atoms with Gasteiger partial charge in [0.1, 0.15) is 0 Å². The van der Waals surface area contributed by atoms with Crippen molar-refractivity contribution in [1.29, 1.82) is 0 Å². The maximum absolute atomic E-state index is 11.2. The quantitative estimate of drug-likeness (QED) is 0.842. The molecular weight excluding hydrogens is 298 g/mol. The fourth-order valence-corrected chi connectivity index (χ4v) is 3.02. The molecule has 1 amide bonds. The van der Waals surface area contributed by atoms with Crippen LogP contribution in [0.4, 0.5) is 4.79 Å². The van der Waals surface area contributed by atoms with Crippen LogP contribution in [-0.2, 0) is 4.79 Å². The predicted octanol–water partition coefficient (Wildman–Crippen LogP) is 4.07. The molecule has 1 atom stereocenters. The van der Waals surface area contributed by atoms with E-state index in [1.165, 1.54) is 0 Å². The van der Waals surface area contributed by atoms with Crippen molar-refractivity contribution in [2.24, 2.45) is 5.73 Å². The molecule has 0 radical (unpaired) electrons. The molecule has 0 aliphatic rings. The van der Waals surface area contributed by atoms with Crippen LogP contribution in [0.15, 0.2) is 54.6 Å². The van der Waals surface area contributed by atoms with Gasteiger partial charge in [0.2, 0.25) is 0 Å². The topological polar surface area (TPSA) is 80.4 Å². The smallest absolute Gasteiger partial charge is 0.303 e. The number of nitrogens with two attached hydrogens (primary N) is 1. The third-order valence-electron chi connectivity index (χ3n) is 3.27. The Bertz CT molecular complexity index is 641. The zero-order valence-corrected chi connectivity index (χ0v) is 12.8. The number of thioether (sulfide) groups is 1. The lowest BCUT2D eigenvalue weighted by Crippen LogP contribution is -2.08. The summed E-state index contributed by atoms with van der Waals surface area (Å²) in [5.41, 5.74) is 8.33. The summed E-state index contributed by atoms with van der Waals surface area (Å²) < 4.78 is 0. The van der Waals surface area contributed by atoms with Gasteiger partial charge in [-0.2, -0.15) is 0 Å². The molecule has 0 saturated carbocycles. The number of carbonyl (C=O) groups is 2. The maximum atomic E-state index is 11.2. The molecule has 3 N–H and O–H groups in total. The molecule has 2 aromatic rings. The van der Waals surface area contributed by atoms with Crippen LogP contribution in [0.1, 0.15) is 23.7 Å². The minimum absolute atomic E-state index is 0.00534. The lowest BCUT2D eigenvalue weighted by Gasteiger charge is -2.14. The Morgan fingerprint density at radius 2 is 1.59 bits per heavy atom. The number of amides is 1. The third kappa shape index (κ3) is 4.63. The average molecular weight is 315 g/mol. The molecule has 0 aliphatic heterocycles. The Hall–Kier alpha value is -2.27. The van der Waals surface area contributed by atoms with Gasteiger partial charge in [-0.05, 0) is 23.1 Å². The number of carboxylic acids is 1. The van der Waals surface area contributed by atoms with E-state index in [1.54, 1.807) is 0 Å². The molecule has 114 valence electrons. The van der Waals surface area contributed by atoms with E-state index in [1.807, 2.05) is 54.6 Å². The Labute approximate surface area is 133 Å². The molecule has 0 spiro atoms. The van der Waals surface area contributed by atoms with Crippen molar-refractivity contribution < 1.29 is 14.7 Å². The highest BCUT2D eigenvalue weighted by atomic mass is 32.2. The van der Waals surface area contributed by atoms with Crippen LogP contribution in [0.5, 0.6) is 0 Å². The summed E-state index contributed by atoms with van der Waals surface area (Å²) in [6.45, 7) is 0. The maximum Gasteiger partial charge on any atom is 0.303 e. The van der Waals surface area contributed by atoms with E-state index in [2.05, 4.69) is 0 Å². The monoisotopic (exact) mass is 315 g/mol. The predicted molar refractivity (Wildman–Crippen MR) is 88.7 cm³/mol. The first-order valence-corrected chi connectivity index (χ1v) is 7.77. The average Bonchev–Trinajstić information content (AvgIpc) is 2.52. The first-order valence-electron chi connectivity index (χ1n) is 6.89. The lowest BCUT2D eigenvalue weighted by molar-refractivity contribution is -0.137. The fraction of sp³-hybridized carbons (Fsp3) is 0.176. The van der Waals surface area contributed by atoms with Gasteiger partial charge >= 0.3 is 5.97 Å². The van der Waals surface area contributed by atoms with Gasteiger partial charge in [-0.3, -0.25) is 9.59 Å². The Balaban J connectivity index is 2.17. The molecule has 4 nitrogen and oxygen atoms in total. The standard InChI is InChI=1S/C17H17NO3S/c18-17(21)22-15(10-11-16(19)20)14-8-6-13(7-9-14)12-4-2-1-3-5-12/h1-9,15H,10-11H2,(H2,18,21)(H,19,20). The number of carboxylic acid groups (broad SMARTS) is 1. The van der Waals surface area contributed by atoms with Crippen molar-refractivity contribution >= 4 is 23.0 Å². The Morgan fingerprint density at radius 1 is 1.00 bits per heavy atom. The second kappa shape index (κ2) is 7.66. The van der Waals surface area contributed by atoms with Crippen LogP contribution < -0.4 is 5.73 Å². The summed E-state index contributed by atoms with van der Waals surface area (Å²) in [4.78, 5) is 21.9. The highest BCUT2D eigenvalue weighted by Gasteiger charge is 2.17. The highest BCUT2D eigenvalue weighted by Crippen LogP contribution is 2.34. The number of aliphatic carboxylic acids is 1. The zero-order chi connectivity index (χ0) is 15.9. The van der Waals surface area contributed by atoms with Crippen LogP contribution in [0.25, 0.3) is 11.1 Å². The van der Waals surface area contributed by atoms with Gasteiger partial charge in [0.05, 0.1) is 0 Å². The largest absolute Gasteiger partial charge is 0.481 e. The number of benzene rings is 2. The van der Waals surface area contributed by atoms with Crippen molar-refractivity contribution in [1.82, 2.24) is 0 Å². The summed E-state index contributed by atoms with van der Waals surface area (Å²) in [5.74, 6) is -0.879. The van der Waals surface area contributed by atoms with E-state index in [-0.39, 0.29) is 11.7 Å². The van der Waals surface area contributed by atoms with Gasteiger partial charge in [0.15, 0.2) is 0 Å². The molecule has 5 heteroatoms. The van der Waals surface area contributed by atoms with E-state index < -0.39 is 11.2 Å². The summed E-state index contributed by atoms with van der Waals surface area (Å²) in [5, 5.41) is 8.08. The summed E-state index contributed by atoms with van der Waals surface area (Å²) in [6, 6.07) is 17.7. The SMILES string of the molecule is NC(=O)SC(CCC(=O)O)c1ccc(-c2ccccc2)cc1. The fourth-order valence-electron chi connectivity index (χ4n) is 2.21. The molecule has 0 fully saturated rings. The summed E-state index contributed by atoms with van der Waals surface area (Å²) in [7, 11) is 0. The van der Waals surface area contributed by atoms with E-state index in [0.29, 0.717) is 6.42 Å². The minimum Gasteiger partial charge on any atom is -0.481 e. The molecule has 0 saturated heterocycles. The molecule has 0 bridgehead atoms. The Morgan fingerprint density at radius 3 is 2.14 bits per heavy atom. The summed E-state index contributed by atoms with van der Waals surface area (Å²) in [6.07, 6.45) is 0.374. The van der Waals surface area contributed by atoms with Crippen LogP contribution in [-0.4, -0.2) is 16.3 Å². The van der Waals surface area contributed by atoms with E-state index >= 15 is 0 Å². The summed E-state index contributed by atoms with van der Waals surface area (Å²) >= 11 is 0.972. The molecule has 0 aromatic heterocycles. The van der Waals surface area contributed by atoms with Crippen LogP contribution in [0.2, 0.25) is 0 Å². The normalized spacial score (nSPS) is 11.8. The highest BCUT2D eigenvalue weighted by molar-refractivity contribution is 8.13. The molecular formula is C17H17NO3S. The zero-order valence-electron chi connectivity index (χ0n) is 11.9.